The first-order valence-corrected chi connectivity index (χ1v) is 11.3. The number of benzene rings is 1. The number of methoxy groups -OCH3 is 1. The fourth-order valence-corrected chi connectivity index (χ4v) is 5.65. The zero-order valence-corrected chi connectivity index (χ0v) is 18.5. The van der Waals surface area contributed by atoms with E-state index in [9.17, 15) is 4.79 Å². The molecule has 0 saturated carbocycles. The lowest BCUT2D eigenvalue weighted by molar-refractivity contribution is -0.135. The Bertz CT molecular complexity index is 1170. The van der Waals surface area contributed by atoms with Crippen LogP contribution in [0, 0.1) is 5.92 Å². The zero-order valence-electron chi connectivity index (χ0n) is 17.7. The highest BCUT2D eigenvalue weighted by Gasteiger charge is 2.30. The monoisotopic (exact) mass is 435 g/mol. The highest BCUT2D eigenvalue weighted by atomic mass is 32.1. The molecule has 1 aromatic carbocycles. The van der Waals surface area contributed by atoms with Crippen molar-refractivity contribution in [1.82, 2.24) is 14.9 Å². The number of carbonyl (C=O) groups excluding carboxylic acids is 1. The summed E-state index contributed by atoms with van der Waals surface area (Å²) in [4.78, 5) is 30.3. The fraction of sp³-hybridized carbons (Fsp3) is 0.391. The summed E-state index contributed by atoms with van der Waals surface area (Å²) in [7, 11) is 3.52. The number of carbonyl (C=O) groups is 1. The molecule has 2 aromatic heterocycles. The van der Waals surface area contributed by atoms with Gasteiger partial charge in [-0.3, -0.25) is 9.79 Å². The maximum Gasteiger partial charge on any atom is 0.225 e. The van der Waals surface area contributed by atoms with Gasteiger partial charge in [-0.2, -0.15) is 0 Å². The van der Waals surface area contributed by atoms with E-state index in [-0.39, 0.29) is 11.8 Å². The first-order valence-electron chi connectivity index (χ1n) is 10.5. The number of fused-ring (bicyclic) bond motifs is 4. The molecular weight excluding hydrogens is 410 g/mol. The zero-order chi connectivity index (χ0) is 21.4. The summed E-state index contributed by atoms with van der Waals surface area (Å²) in [6.45, 7) is 1.93. The predicted octanol–water partition coefficient (Wildman–Crippen LogP) is 3.58. The number of aromatic nitrogens is 2. The maximum absolute atomic E-state index is 12.9. The minimum Gasteiger partial charge on any atom is -0.383 e. The second kappa shape index (κ2) is 8.36. The molecule has 1 atom stereocenters. The Labute approximate surface area is 185 Å². The van der Waals surface area contributed by atoms with Gasteiger partial charge in [0.25, 0.3) is 0 Å². The molecular formula is C23H25N5O2S. The van der Waals surface area contributed by atoms with Crippen LogP contribution in [0.3, 0.4) is 0 Å². The van der Waals surface area contributed by atoms with Crippen LogP contribution in [0.5, 0.6) is 0 Å². The smallest absolute Gasteiger partial charge is 0.225 e. The lowest BCUT2D eigenvalue weighted by Gasteiger charge is -2.26. The van der Waals surface area contributed by atoms with Gasteiger partial charge in [0.05, 0.1) is 18.5 Å². The quantitative estimate of drug-likeness (QED) is 0.640. The number of amides is 1. The fourth-order valence-electron chi connectivity index (χ4n) is 4.38. The third kappa shape index (κ3) is 3.81. The van der Waals surface area contributed by atoms with Gasteiger partial charge >= 0.3 is 0 Å². The Hall–Kier alpha value is -2.84. The molecule has 0 radical (unpaired) electrons. The number of aryl methyl sites for hydroxylation is 1. The number of hydrogen-bond acceptors (Lipinski definition) is 7. The maximum atomic E-state index is 12.9. The molecule has 0 spiro atoms. The molecule has 5 rings (SSSR count). The second-order valence-electron chi connectivity index (χ2n) is 8.11. The van der Waals surface area contributed by atoms with Crippen LogP contribution in [0.2, 0.25) is 0 Å². The van der Waals surface area contributed by atoms with Gasteiger partial charge in [0.1, 0.15) is 17.0 Å². The Morgan fingerprint density at radius 3 is 3.13 bits per heavy atom. The van der Waals surface area contributed by atoms with E-state index >= 15 is 0 Å². The summed E-state index contributed by atoms with van der Waals surface area (Å²) in [5.74, 6) is 1.05. The molecule has 0 bridgehead atoms. The molecule has 0 saturated heterocycles. The van der Waals surface area contributed by atoms with Crippen LogP contribution in [0.1, 0.15) is 28.0 Å². The summed E-state index contributed by atoms with van der Waals surface area (Å²) in [6, 6.07) is 6.30. The van der Waals surface area contributed by atoms with Crippen molar-refractivity contribution >= 4 is 45.2 Å². The van der Waals surface area contributed by atoms with Gasteiger partial charge in [0.15, 0.2) is 0 Å². The number of aliphatic imine (C=N–C) groups is 1. The van der Waals surface area contributed by atoms with Crippen LogP contribution in [-0.4, -0.2) is 54.3 Å². The summed E-state index contributed by atoms with van der Waals surface area (Å²) >= 11 is 1.69. The molecule has 8 heteroatoms. The number of nitrogens with one attached hydrogen (secondary N) is 1. The lowest BCUT2D eigenvalue weighted by Crippen LogP contribution is -2.37. The molecule has 31 heavy (non-hydrogen) atoms. The van der Waals surface area contributed by atoms with E-state index in [1.165, 1.54) is 16.0 Å². The van der Waals surface area contributed by atoms with Crippen LogP contribution in [0.4, 0.5) is 11.5 Å². The SMILES string of the molecule is COCCN(C)C(=O)[C@H]1CCc2c(sc3ncnc(Nc4ccc5c(c4)C=NC5)c23)C1. The van der Waals surface area contributed by atoms with Crippen molar-refractivity contribution in [3.05, 3.63) is 46.1 Å². The van der Waals surface area contributed by atoms with E-state index < -0.39 is 0 Å². The van der Waals surface area contributed by atoms with Crippen LogP contribution in [0.25, 0.3) is 10.2 Å². The highest BCUT2D eigenvalue weighted by molar-refractivity contribution is 7.19. The van der Waals surface area contributed by atoms with Gasteiger partial charge in [0.2, 0.25) is 5.91 Å². The van der Waals surface area contributed by atoms with Crippen LogP contribution in [-0.2, 0) is 28.9 Å². The second-order valence-corrected chi connectivity index (χ2v) is 9.19. The predicted molar refractivity (Wildman–Crippen MR) is 123 cm³/mol. The summed E-state index contributed by atoms with van der Waals surface area (Å²) in [5.41, 5.74) is 4.68. The Morgan fingerprint density at radius 1 is 1.35 bits per heavy atom. The van der Waals surface area contributed by atoms with Crippen molar-refractivity contribution in [2.75, 3.05) is 32.6 Å². The topological polar surface area (TPSA) is 79.7 Å². The standard InChI is InChI=1S/C23H25N5O2S/c1-28(7-8-30-2)23(29)14-4-6-18-19(10-14)31-22-20(18)21(25-13-26-22)27-17-5-3-15-11-24-12-16(15)9-17/h3,5,9,12-14H,4,6-8,10-11H2,1-2H3,(H,25,26,27)/t14-/m0/s1. The lowest BCUT2D eigenvalue weighted by atomic mass is 9.87. The average molecular weight is 436 g/mol. The average Bonchev–Trinajstić information content (AvgIpc) is 3.40. The number of rotatable bonds is 6. The van der Waals surface area contributed by atoms with Crippen molar-refractivity contribution in [1.29, 1.82) is 0 Å². The Morgan fingerprint density at radius 2 is 2.26 bits per heavy atom. The van der Waals surface area contributed by atoms with Crippen molar-refractivity contribution in [2.24, 2.45) is 10.9 Å². The van der Waals surface area contributed by atoms with Gasteiger partial charge in [-0.15, -0.1) is 11.3 Å². The first-order chi connectivity index (χ1) is 15.1. The summed E-state index contributed by atoms with van der Waals surface area (Å²) in [6.07, 6.45) is 6.01. The minimum atomic E-state index is 0.0165. The summed E-state index contributed by atoms with van der Waals surface area (Å²) in [5, 5.41) is 4.59. The van der Waals surface area contributed by atoms with Crippen LogP contribution >= 0.6 is 11.3 Å². The number of hydrogen-bond donors (Lipinski definition) is 1. The number of ether oxygens (including phenoxy) is 1. The van der Waals surface area contributed by atoms with Gasteiger partial charge < -0.3 is 15.0 Å². The van der Waals surface area contributed by atoms with Gasteiger partial charge in [-0.05, 0) is 48.1 Å². The number of nitrogens with zero attached hydrogens (tertiary/aromatic N) is 4. The number of anilines is 2. The molecule has 3 heterocycles. The van der Waals surface area contributed by atoms with E-state index in [1.54, 1.807) is 29.7 Å². The van der Waals surface area contributed by atoms with Crippen molar-refractivity contribution in [2.45, 2.75) is 25.8 Å². The van der Waals surface area contributed by atoms with Crippen molar-refractivity contribution < 1.29 is 9.53 Å². The molecule has 1 aliphatic heterocycles. The van der Waals surface area contributed by atoms with E-state index in [0.717, 1.165) is 53.1 Å². The van der Waals surface area contributed by atoms with Gasteiger partial charge in [-0.25, -0.2) is 9.97 Å². The Kier molecular flexibility index (Phi) is 5.41. The van der Waals surface area contributed by atoms with E-state index in [0.29, 0.717) is 13.2 Å². The minimum absolute atomic E-state index is 0.0165. The molecule has 7 nitrogen and oxygen atoms in total. The third-order valence-electron chi connectivity index (χ3n) is 6.10. The summed E-state index contributed by atoms with van der Waals surface area (Å²) < 4.78 is 5.11. The molecule has 1 aliphatic carbocycles. The molecule has 3 aromatic rings. The van der Waals surface area contributed by atoms with Crippen LogP contribution in [0.15, 0.2) is 29.5 Å². The van der Waals surface area contributed by atoms with Gasteiger partial charge in [0, 0.05) is 43.4 Å². The van der Waals surface area contributed by atoms with Gasteiger partial charge in [-0.1, -0.05) is 6.07 Å². The molecule has 160 valence electrons. The Balaban J connectivity index is 1.41. The van der Waals surface area contributed by atoms with E-state index in [1.807, 2.05) is 13.3 Å². The molecule has 0 fully saturated rings. The first kappa shape index (κ1) is 20.1. The van der Waals surface area contributed by atoms with Crippen LogP contribution < -0.4 is 5.32 Å². The number of likely N-dealkylation sites (N-methyl/N-ethyl adjacent to an activating group) is 1. The van der Waals surface area contributed by atoms with Crippen molar-refractivity contribution in [3.8, 4) is 0 Å². The normalized spacial score (nSPS) is 16.9. The molecule has 1 amide bonds. The molecule has 1 N–H and O–H groups in total. The van der Waals surface area contributed by atoms with E-state index in [2.05, 4.69) is 38.5 Å². The van der Waals surface area contributed by atoms with E-state index in [4.69, 9.17) is 4.74 Å². The van der Waals surface area contributed by atoms with Crippen molar-refractivity contribution in [3.63, 3.8) is 0 Å². The number of thiophene rings is 1. The molecule has 2 aliphatic rings. The largest absolute Gasteiger partial charge is 0.383 e. The highest BCUT2D eigenvalue weighted by Crippen LogP contribution is 2.40. The molecule has 0 unspecified atom stereocenters. The third-order valence-corrected chi connectivity index (χ3v) is 7.26.